The number of hydrogen-bond donors (Lipinski definition) is 1. The van der Waals surface area contributed by atoms with E-state index in [1.807, 2.05) is 0 Å². The molecule has 2 N–H and O–H groups in total. The second-order valence-electron chi connectivity index (χ2n) is 4.58. The van der Waals surface area contributed by atoms with Crippen molar-refractivity contribution in [2.75, 3.05) is 12.3 Å². The van der Waals surface area contributed by atoms with E-state index in [0.29, 0.717) is 20.4 Å². The van der Waals surface area contributed by atoms with Crippen molar-refractivity contribution in [3.63, 3.8) is 0 Å². The molecule has 0 radical (unpaired) electrons. The van der Waals surface area contributed by atoms with Crippen LogP contribution in [-0.2, 0) is 4.74 Å². The van der Waals surface area contributed by atoms with Crippen molar-refractivity contribution in [2.45, 2.75) is 6.92 Å². The van der Waals surface area contributed by atoms with E-state index in [-0.39, 0.29) is 12.3 Å². The minimum atomic E-state index is -0.521. The molecular weight excluding hydrogens is 466 g/mol. The number of fused-ring (bicyclic) bond motifs is 1. The zero-order valence-electron chi connectivity index (χ0n) is 12.8. The number of pyridine rings is 2. The highest BCUT2D eigenvalue weighted by Gasteiger charge is 2.15. The van der Waals surface area contributed by atoms with E-state index in [1.54, 1.807) is 6.92 Å². The Balaban J connectivity index is 0.000000212. The molecule has 0 bridgehead atoms. The first-order chi connectivity index (χ1) is 11.8. The van der Waals surface area contributed by atoms with Crippen LogP contribution in [0.2, 0.25) is 0 Å². The normalized spacial score (nSPS) is 10.3. The monoisotopic (exact) mass is 476 g/mol. The summed E-state index contributed by atoms with van der Waals surface area (Å²) in [6.07, 6.45) is 3.62. The molecule has 3 aromatic rings. The van der Waals surface area contributed by atoms with Crippen LogP contribution in [0, 0.1) is 11.6 Å². The van der Waals surface area contributed by atoms with Crippen LogP contribution < -0.4 is 5.73 Å². The maximum atomic E-state index is 13.2. The molecule has 3 rings (SSSR count). The summed E-state index contributed by atoms with van der Waals surface area (Å²) in [7, 11) is 0. The summed E-state index contributed by atoms with van der Waals surface area (Å²) >= 11 is 6.19. The molecule has 0 saturated carbocycles. The van der Waals surface area contributed by atoms with Crippen LogP contribution in [0.15, 0.2) is 39.7 Å². The summed E-state index contributed by atoms with van der Waals surface area (Å²) in [5.41, 5.74) is 5.95. The van der Waals surface area contributed by atoms with Crippen molar-refractivity contribution in [3.05, 3.63) is 57.0 Å². The van der Waals surface area contributed by atoms with Crippen molar-refractivity contribution >= 4 is 49.3 Å². The maximum Gasteiger partial charge on any atom is 0.356 e. The fraction of sp³-hybridized carbons (Fsp3) is 0.133. The lowest BCUT2D eigenvalue weighted by molar-refractivity contribution is 0.0518. The number of halogens is 4. The molecule has 132 valence electrons. The highest BCUT2D eigenvalue weighted by atomic mass is 79.9. The van der Waals surface area contributed by atoms with Crippen molar-refractivity contribution in [3.8, 4) is 0 Å². The smallest absolute Gasteiger partial charge is 0.356 e. The number of hydrogen-bond acceptors (Lipinski definition) is 5. The van der Waals surface area contributed by atoms with Crippen LogP contribution in [0.4, 0.5) is 14.6 Å². The summed E-state index contributed by atoms with van der Waals surface area (Å²) in [6.45, 7) is 1.97. The Labute approximate surface area is 158 Å². The minimum absolute atomic E-state index is 0.206. The van der Waals surface area contributed by atoms with Gasteiger partial charge in [0.15, 0.2) is 11.3 Å². The Bertz CT molecular complexity index is 918. The fourth-order valence-electron chi connectivity index (χ4n) is 1.80. The summed E-state index contributed by atoms with van der Waals surface area (Å²) in [4.78, 5) is 19.1. The second-order valence-corrected chi connectivity index (χ2v) is 6.29. The molecule has 3 heterocycles. The molecule has 0 atom stereocenters. The number of anilines is 1. The van der Waals surface area contributed by atoms with Gasteiger partial charge in [-0.3, -0.25) is 4.40 Å². The van der Waals surface area contributed by atoms with E-state index >= 15 is 0 Å². The summed E-state index contributed by atoms with van der Waals surface area (Å²) < 4.78 is 32.5. The zero-order chi connectivity index (χ0) is 18.6. The van der Waals surface area contributed by atoms with Gasteiger partial charge in [0.2, 0.25) is 0 Å². The third kappa shape index (κ3) is 4.73. The van der Waals surface area contributed by atoms with E-state index in [1.165, 1.54) is 28.9 Å². The first kappa shape index (κ1) is 19.3. The molecular formula is C15H12Br2F2N4O2. The molecule has 0 aliphatic carbocycles. The molecule has 25 heavy (non-hydrogen) atoms. The van der Waals surface area contributed by atoms with Gasteiger partial charge in [0, 0.05) is 6.20 Å². The number of nitrogen functional groups attached to an aromatic ring is 1. The number of nitrogens with two attached hydrogens (primary N) is 1. The number of carbonyl (C=O) groups excluding carboxylic acids is 1. The van der Waals surface area contributed by atoms with Crippen LogP contribution in [-0.4, -0.2) is 26.9 Å². The van der Waals surface area contributed by atoms with Crippen LogP contribution in [0.3, 0.4) is 0 Å². The van der Waals surface area contributed by atoms with Crippen molar-refractivity contribution < 1.29 is 18.3 Å². The molecule has 3 aromatic heterocycles. The quantitative estimate of drug-likeness (QED) is 0.564. The molecule has 0 amide bonds. The van der Waals surface area contributed by atoms with E-state index in [2.05, 4.69) is 41.8 Å². The Morgan fingerprint density at radius 3 is 2.48 bits per heavy atom. The van der Waals surface area contributed by atoms with Gasteiger partial charge >= 0.3 is 5.97 Å². The lowest BCUT2D eigenvalue weighted by atomic mass is 10.4. The highest BCUT2D eigenvalue weighted by molar-refractivity contribution is 9.11. The first-order valence-electron chi connectivity index (χ1n) is 6.89. The lowest BCUT2D eigenvalue weighted by Gasteiger charge is -2.02. The number of rotatable bonds is 2. The van der Waals surface area contributed by atoms with Gasteiger partial charge in [-0.05, 0) is 50.9 Å². The largest absolute Gasteiger partial charge is 0.461 e. The average molecular weight is 478 g/mol. The minimum Gasteiger partial charge on any atom is -0.461 e. The van der Waals surface area contributed by atoms with Gasteiger partial charge < -0.3 is 10.5 Å². The van der Waals surface area contributed by atoms with Gasteiger partial charge in [-0.2, -0.15) is 0 Å². The molecule has 6 nitrogen and oxygen atoms in total. The van der Waals surface area contributed by atoms with Crippen molar-refractivity contribution in [1.82, 2.24) is 14.4 Å². The van der Waals surface area contributed by atoms with Crippen LogP contribution in [0.25, 0.3) is 5.65 Å². The van der Waals surface area contributed by atoms with Crippen molar-refractivity contribution in [2.24, 2.45) is 0 Å². The third-order valence-electron chi connectivity index (χ3n) is 2.85. The number of ether oxygens (including phenoxy) is 1. The Hall–Kier alpha value is -2.07. The summed E-state index contributed by atoms with van der Waals surface area (Å²) in [6, 6.07) is 2.56. The predicted molar refractivity (Wildman–Crippen MR) is 95.1 cm³/mol. The van der Waals surface area contributed by atoms with Gasteiger partial charge in [-0.15, -0.1) is 0 Å². The number of imidazole rings is 1. The number of esters is 1. The first-order valence-corrected chi connectivity index (χ1v) is 8.47. The second kappa shape index (κ2) is 8.34. The summed E-state index contributed by atoms with van der Waals surface area (Å²) in [5, 5.41) is 0. The molecule has 0 fully saturated rings. The molecule has 0 aliphatic rings. The molecule has 0 aromatic carbocycles. The van der Waals surface area contributed by atoms with Crippen LogP contribution >= 0.6 is 31.9 Å². The van der Waals surface area contributed by atoms with Gasteiger partial charge in [0.25, 0.3) is 0 Å². The van der Waals surface area contributed by atoms with E-state index in [0.717, 1.165) is 6.20 Å². The Morgan fingerprint density at radius 1 is 1.20 bits per heavy atom. The zero-order valence-corrected chi connectivity index (χ0v) is 16.0. The Morgan fingerprint density at radius 2 is 1.88 bits per heavy atom. The van der Waals surface area contributed by atoms with E-state index < -0.39 is 17.6 Å². The van der Waals surface area contributed by atoms with Gasteiger partial charge in [0.1, 0.15) is 17.5 Å². The van der Waals surface area contributed by atoms with Gasteiger partial charge in [-0.1, -0.05) is 0 Å². The number of nitrogens with zero attached hydrogens (tertiary/aromatic N) is 3. The number of carbonyl (C=O) groups is 1. The predicted octanol–water partition coefficient (Wildman–Crippen LogP) is 3.98. The SMILES string of the molecule is CCOC(=O)c1cnc2c(Br)cc(F)cn12.Nc1ncc(F)cc1Br. The third-order valence-corrected chi connectivity index (χ3v) is 4.07. The van der Waals surface area contributed by atoms with Gasteiger partial charge in [-0.25, -0.2) is 23.5 Å². The van der Waals surface area contributed by atoms with Crippen LogP contribution in [0.5, 0.6) is 0 Å². The van der Waals surface area contributed by atoms with Crippen LogP contribution in [0.1, 0.15) is 17.4 Å². The molecule has 0 saturated heterocycles. The number of aromatic nitrogens is 3. The van der Waals surface area contributed by atoms with E-state index in [4.69, 9.17) is 10.5 Å². The maximum absolute atomic E-state index is 13.2. The molecule has 0 spiro atoms. The lowest BCUT2D eigenvalue weighted by Crippen LogP contribution is -2.08. The average Bonchev–Trinajstić information content (AvgIpc) is 2.96. The van der Waals surface area contributed by atoms with Gasteiger partial charge in [0.05, 0.1) is 27.9 Å². The molecule has 0 aliphatic heterocycles. The molecule has 0 unspecified atom stereocenters. The fourth-order valence-corrected chi connectivity index (χ4v) is 2.63. The topological polar surface area (TPSA) is 82.5 Å². The van der Waals surface area contributed by atoms with Crippen molar-refractivity contribution in [1.29, 1.82) is 0 Å². The summed E-state index contributed by atoms with van der Waals surface area (Å²) in [5.74, 6) is -1.07. The molecule has 10 heteroatoms. The Kier molecular flexibility index (Phi) is 6.43. The highest BCUT2D eigenvalue weighted by Crippen LogP contribution is 2.20. The standard InChI is InChI=1S/C10H8BrFN2O2.C5H4BrFN2/c1-2-16-10(15)8-4-13-9-7(11)3-6(12)5-14(8)9;6-4-1-3(7)2-9-5(4)8/h3-5H,2H2,1H3;1-2H,(H2,8,9). The van der Waals surface area contributed by atoms with E-state index in [9.17, 15) is 13.6 Å².